The molecule has 0 saturated carbocycles. The third kappa shape index (κ3) is 5.83. The number of thioether (sulfide) groups is 1. The van der Waals surface area contributed by atoms with Gasteiger partial charge in [0.05, 0.1) is 13.0 Å². The van der Waals surface area contributed by atoms with Crippen LogP contribution >= 0.6 is 11.8 Å². The SMILES string of the molecule is CCOC(=O)C/C(C(=O)SCC)=C(/N(C)N)C(F)(F)F. The average Bonchev–Trinajstić information content (AvgIpc) is 2.26. The number of carbonyl (C=O) groups is 2. The summed E-state index contributed by atoms with van der Waals surface area (Å²) in [6.45, 7) is 3.15. The number of nitrogens with zero attached hydrogens (tertiary/aromatic N) is 1. The van der Waals surface area contributed by atoms with Crippen molar-refractivity contribution in [2.45, 2.75) is 26.4 Å². The fourth-order valence-electron chi connectivity index (χ4n) is 1.41. The first-order valence-corrected chi connectivity index (χ1v) is 6.75. The third-order valence-corrected chi connectivity index (χ3v) is 2.85. The summed E-state index contributed by atoms with van der Waals surface area (Å²) in [5.41, 5.74) is -2.04. The van der Waals surface area contributed by atoms with Crippen molar-refractivity contribution in [1.82, 2.24) is 5.01 Å². The molecule has 0 atom stereocenters. The Morgan fingerprint density at radius 3 is 2.20 bits per heavy atom. The van der Waals surface area contributed by atoms with Crippen LogP contribution in [-0.4, -0.2) is 41.7 Å². The molecule has 0 fully saturated rings. The minimum absolute atomic E-state index is 0.0149. The van der Waals surface area contributed by atoms with Crippen LogP contribution in [0.3, 0.4) is 0 Å². The first-order chi connectivity index (χ1) is 9.15. The van der Waals surface area contributed by atoms with Gasteiger partial charge in [0, 0.05) is 12.6 Å². The molecule has 0 aliphatic rings. The zero-order chi connectivity index (χ0) is 15.9. The van der Waals surface area contributed by atoms with Crippen LogP contribution in [0.1, 0.15) is 20.3 Å². The van der Waals surface area contributed by atoms with Gasteiger partial charge in [0.25, 0.3) is 0 Å². The van der Waals surface area contributed by atoms with Crippen molar-refractivity contribution in [1.29, 1.82) is 0 Å². The van der Waals surface area contributed by atoms with E-state index < -0.39 is 35.0 Å². The van der Waals surface area contributed by atoms with Crippen molar-refractivity contribution >= 4 is 22.8 Å². The van der Waals surface area contributed by atoms with Crippen LogP contribution in [0, 0.1) is 0 Å². The van der Waals surface area contributed by atoms with Gasteiger partial charge in [0.2, 0.25) is 5.12 Å². The molecule has 5 nitrogen and oxygen atoms in total. The second-order valence-corrected chi connectivity index (χ2v) is 4.87. The van der Waals surface area contributed by atoms with E-state index in [4.69, 9.17) is 5.84 Å². The smallest absolute Gasteiger partial charge is 0.432 e. The highest BCUT2D eigenvalue weighted by Crippen LogP contribution is 2.32. The zero-order valence-corrected chi connectivity index (χ0v) is 12.2. The van der Waals surface area contributed by atoms with Crippen LogP contribution in [0.4, 0.5) is 13.2 Å². The highest BCUT2D eigenvalue weighted by atomic mass is 32.2. The monoisotopic (exact) mass is 314 g/mol. The number of alkyl halides is 3. The van der Waals surface area contributed by atoms with Crippen molar-refractivity contribution in [3.63, 3.8) is 0 Å². The van der Waals surface area contributed by atoms with E-state index in [0.29, 0.717) is 16.8 Å². The molecule has 0 aliphatic heterocycles. The molecule has 0 bridgehead atoms. The molecule has 0 rings (SSSR count). The van der Waals surface area contributed by atoms with E-state index in [0.717, 1.165) is 7.05 Å². The lowest BCUT2D eigenvalue weighted by Gasteiger charge is -2.22. The standard InChI is InChI=1S/C11H17F3N2O3S/c1-4-19-8(17)6-7(10(18)20-5-2)9(16(3)15)11(12,13)14/h4-6,15H2,1-3H3/b9-7-. The van der Waals surface area contributed by atoms with Gasteiger partial charge in [0.1, 0.15) is 5.70 Å². The van der Waals surface area contributed by atoms with Crippen LogP contribution in [0.15, 0.2) is 11.3 Å². The lowest BCUT2D eigenvalue weighted by atomic mass is 10.1. The van der Waals surface area contributed by atoms with Gasteiger partial charge in [0.15, 0.2) is 0 Å². The Kier molecular flexibility index (Phi) is 7.66. The van der Waals surface area contributed by atoms with E-state index in [1.54, 1.807) is 6.92 Å². The first kappa shape index (κ1) is 18.8. The van der Waals surface area contributed by atoms with Crippen LogP contribution in [0.2, 0.25) is 0 Å². The lowest BCUT2D eigenvalue weighted by molar-refractivity contribution is -0.143. The zero-order valence-electron chi connectivity index (χ0n) is 11.4. The molecule has 116 valence electrons. The molecular weight excluding hydrogens is 297 g/mol. The van der Waals surface area contributed by atoms with Crippen molar-refractivity contribution in [3.8, 4) is 0 Å². The quantitative estimate of drug-likeness (QED) is 0.349. The summed E-state index contributed by atoms with van der Waals surface area (Å²) in [7, 11) is 0.956. The summed E-state index contributed by atoms with van der Waals surface area (Å²) in [4.78, 5) is 23.2. The second-order valence-electron chi connectivity index (χ2n) is 3.64. The van der Waals surface area contributed by atoms with Gasteiger partial charge in [-0.2, -0.15) is 13.2 Å². The van der Waals surface area contributed by atoms with E-state index in [2.05, 4.69) is 4.74 Å². The van der Waals surface area contributed by atoms with E-state index in [9.17, 15) is 22.8 Å². The number of halogens is 3. The van der Waals surface area contributed by atoms with Gasteiger partial charge in [-0.25, -0.2) is 5.84 Å². The number of hydrazine groups is 1. The van der Waals surface area contributed by atoms with Gasteiger partial charge >= 0.3 is 12.1 Å². The Morgan fingerprint density at radius 2 is 1.85 bits per heavy atom. The van der Waals surface area contributed by atoms with Gasteiger partial charge in [-0.15, -0.1) is 0 Å². The van der Waals surface area contributed by atoms with E-state index in [-0.39, 0.29) is 12.4 Å². The Balaban J connectivity index is 5.67. The predicted octanol–water partition coefficient (Wildman–Crippen LogP) is 1.84. The molecule has 2 N–H and O–H groups in total. The molecule has 0 radical (unpaired) electrons. The maximum atomic E-state index is 13.0. The highest BCUT2D eigenvalue weighted by Gasteiger charge is 2.40. The van der Waals surface area contributed by atoms with Gasteiger partial charge in [-0.1, -0.05) is 18.7 Å². The fourth-order valence-corrected chi connectivity index (χ4v) is 2.02. The second kappa shape index (κ2) is 8.15. The molecule has 0 saturated heterocycles. The summed E-state index contributed by atoms with van der Waals surface area (Å²) in [6.07, 6.45) is -5.61. The topological polar surface area (TPSA) is 72.6 Å². The van der Waals surface area contributed by atoms with Gasteiger partial charge in [-0.3, -0.25) is 9.59 Å². The largest absolute Gasteiger partial charge is 0.466 e. The van der Waals surface area contributed by atoms with Crippen molar-refractivity contribution in [2.24, 2.45) is 5.84 Å². The Labute approximate surface area is 119 Å². The number of carbonyl (C=O) groups excluding carboxylic acids is 2. The van der Waals surface area contributed by atoms with Crippen LogP contribution in [0.25, 0.3) is 0 Å². The predicted molar refractivity (Wildman–Crippen MR) is 69.4 cm³/mol. The molecule has 0 spiro atoms. The molecule has 0 unspecified atom stereocenters. The molecule has 0 aliphatic carbocycles. The number of hydrogen-bond acceptors (Lipinski definition) is 6. The van der Waals surface area contributed by atoms with Crippen LogP contribution in [0.5, 0.6) is 0 Å². The maximum Gasteiger partial charge on any atom is 0.432 e. The number of rotatable bonds is 6. The molecule has 0 heterocycles. The highest BCUT2D eigenvalue weighted by molar-refractivity contribution is 8.14. The average molecular weight is 314 g/mol. The first-order valence-electron chi connectivity index (χ1n) is 5.76. The molecule has 20 heavy (non-hydrogen) atoms. The summed E-state index contributed by atoms with van der Waals surface area (Å²) < 4.78 is 43.5. The maximum absolute atomic E-state index is 13.0. The lowest BCUT2D eigenvalue weighted by Crippen LogP contribution is -2.36. The normalized spacial score (nSPS) is 12.8. The third-order valence-electron chi connectivity index (χ3n) is 2.06. The van der Waals surface area contributed by atoms with Gasteiger partial charge < -0.3 is 9.75 Å². The summed E-state index contributed by atoms with van der Waals surface area (Å²) in [5.74, 6) is 4.53. The number of esters is 1. The molecule has 0 aromatic heterocycles. The van der Waals surface area contributed by atoms with Crippen LogP contribution < -0.4 is 5.84 Å². The van der Waals surface area contributed by atoms with Crippen molar-refractivity contribution in [3.05, 3.63) is 11.3 Å². The van der Waals surface area contributed by atoms with E-state index in [1.165, 1.54) is 6.92 Å². The Hall–Kier alpha value is -1.22. The summed E-state index contributed by atoms with van der Waals surface area (Å²) in [5, 5.41) is -0.548. The van der Waals surface area contributed by atoms with E-state index >= 15 is 0 Å². The minimum atomic E-state index is -4.84. The number of allylic oxidation sites excluding steroid dienone is 1. The van der Waals surface area contributed by atoms with E-state index in [1.807, 2.05) is 0 Å². The van der Waals surface area contributed by atoms with Gasteiger partial charge in [-0.05, 0) is 12.7 Å². The molecule has 0 aromatic rings. The van der Waals surface area contributed by atoms with Crippen LogP contribution in [-0.2, 0) is 14.3 Å². The summed E-state index contributed by atoms with van der Waals surface area (Å²) >= 11 is 0.675. The fraction of sp³-hybridized carbons (Fsp3) is 0.636. The molecular formula is C11H17F3N2O3S. The molecule has 0 amide bonds. The molecule has 0 aromatic carbocycles. The van der Waals surface area contributed by atoms with Crippen molar-refractivity contribution in [2.75, 3.05) is 19.4 Å². The Bertz CT molecular complexity index is 395. The summed E-state index contributed by atoms with van der Waals surface area (Å²) in [6, 6.07) is 0. The molecule has 9 heteroatoms. The minimum Gasteiger partial charge on any atom is -0.466 e. The number of hydrogen-bond donors (Lipinski definition) is 1. The van der Waals surface area contributed by atoms with Crippen molar-refractivity contribution < 1.29 is 27.5 Å². The number of nitrogens with two attached hydrogens (primary N) is 1. The Morgan fingerprint density at radius 1 is 1.30 bits per heavy atom. The number of ether oxygens (including phenoxy) is 1.